The highest BCUT2D eigenvalue weighted by atomic mass is 16.5. The second kappa shape index (κ2) is 11.5. The Morgan fingerprint density at radius 1 is 1.14 bits per heavy atom. The van der Waals surface area contributed by atoms with Gasteiger partial charge in [0.25, 0.3) is 0 Å². The molecule has 1 atom stereocenters. The van der Waals surface area contributed by atoms with Crippen molar-refractivity contribution in [1.29, 1.82) is 0 Å². The predicted molar refractivity (Wildman–Crippen MR) is 147 cm³/mol. The summed E-state index contributed by atoms with van der Waals surface area (Å²) in [6, 6.07) is 14.4. The van der Waals surface area contributed by atoms with Crippen molar-refractivity contribution in [2.75, 3.05) is 38.7 Å². The number of anilines is 1. The van der Waals surface area contributed by atoms with Crippen LogP contribution < -0.4 is 14.8 Å². The van der Waals surface area contributed by atoms with Gasteiger partial charge in [-0.15, -0.1) is 5.10 Å². The second-order valence-corrected chi connectivity index (χ2v) is 9.57. The second-order valence-electron chi connectivity index (χ2n) is 9.57. The molecule has 1 unspecified atom stereocenters. The third-order valence-corrected chi connectivity index (χ3v) is 6.53. The molecule has 0 radical (unpaired) electrons. The number of benzene rings is 2. The van der Waals surface area contributed by atoms with Crippen molar-refractivity contribution in [2.45, 2.75) is 26.4 Å². The zero-order chi connectivity index (χ0) is 25.6. The zero-order valence-electron chi connectivity index (χ0n) is 21.8. The average molecular weight is 502 g/mol. The smallest absolute Gasteiger partial charge is 0.222 e. The van der Waals surface area contributed by atoms with Crippen molar-refractivity contribution in [3.8, 4) is 11.5 Å². The van der Waals surface area contributed by atoms with E-state index in [0.717, 1.165) is 60.1 Å². The number of ether oxygens (including phenoxy) is 2. The molecule has 3 aromatic rings. The Balaban J connectivity index is 1.41. The lowest BCUT2D eigenvalue weighted by atomic mass is 9.97. The van der Waals surface area contributed by atoms with E-state index in [2.05, 4.69) is 59.6 Å². The first kappa shape index (κ1) is 24.8. The molecule has 2 aliphatic rings. The van der Waals surface area contributed by atoms with Crippen molar-refractivity contribution in [3.63, 3.8) is 0 Å². The molecule has 9 heteroatoms. The predicted octanol–water partition coefficient (Wildman–Crippen LogP) is 3.98. The summed E-state index contributed by atoms with van der Waals surface area (Å²) in [6.45, 7) is 6.37. The van der Waals surface area contributed by atoms with E-state index in [0.29, 0.717) is 25.7 Å². The van der Waals surface area contributed by atoms with Gasteiger partial charge in [0.2, 0.25) is 5.96 Å². The molecule has 0 amide bonds. The van der Waals surface area contributed by atoms with Crippen LogP contribution in [-0.4, -0.2) is 64.5 Å². The normalized spacial score (nSPS) is 19.5. The lowest BCUT2D eigenvalue weighted by Gasteiger charge is -2.22. The highest BCUT2D eigenvalue weighted by Crippen LogP contribution is 2.26. The summed E-state index contributed by atoms with van der Waals surface area (Å²) in [6.07, 6.45) is 7.03. The first-order valence-corrected chi connectivity index (χ1v) is 12.8. The van der Waals surface area contributed by atoms with Gasteiger partial charge in [0.15, 0.2) is 0 Å². The van der Waals surface area contributed by atoms with E-state index in [1.807, 2.05) is 36.0 Å². The summed E-state index contributed by atoms with van der Waals surface area (Å²) >= 11 is 0. The molecule has 194 valence electrons. The van der Waals surface area contributed by atoms with Gasteiger partial charge < -0.3 is 14.8 Å². The number of guanidine groups is 1. The van der Waals surface area contributed by atoms with Crippen LogP contribution in [0.4, 0.5) is 5.69 Å². The van der Waals surface area contributed by atoms with E-state index in [1.54, 1.807) is 11.1 Å². The number of nitrogens with zero attached hydrogens (tertiary/aromatic N) is 6. The third kappa shape index (κ3) is 6.29. The lowest BCUT2D eigenvalue weighted by Crippen LogP contribution is -2.26. The van der Waals surface area contributed by atoms with E-state index in [1.165, 1.54) is 0 Å². The number of likely N-dealkylation sites (N-methyl/N-ethyl adjacent to an activating group) is 1. The minimum absolute atomic E-state index is 0.227. The van der Waals surface area contributed by atoms with Gasteiger partial charge in [0, 0.05) is 42.9 Å². The quantitative estimate of drug-likeness (QED) is 0.547. The molecule has 0 saturated carbocycles. The minimum atomic E-state index is 0.227. The number of aromatic nitrogens is 3. The number of fused-ring (bicyclic) bond motifs is 6. The monoisotopic (exact) mass is 501 g/mol. The van der Waals surface area contributed by atoms with Crippen LogP contribution in [0.15, 0.2) is 70.9 Å². The van der Waals surface area contributed by atoms with Crippen LogP contribution in [0, 0.1) is 5.92 Å². The maximum atomic E-state index is 6.20. The first-order valence-electron chi connectivity index (χ1n) is 12.8. The van der Waals surface area contributed by atoms with Gasteiger partial charge in [-0.05, 0) is 43.8 Å². The minimum Gasteiger partial charge on any atom is -0.493 e. The molecule has 3 heterocycles. The van der Waals surface area contributed by atoms with Gasteiger partial charge in [-0.2, -0.15) is 0 Å². The van der Waals surface area contributed by atoms with Crippen LogP contribution in [0.2, 0.25) is 0 Å². The Kier molecular flexibility index (Phi) is 7.70. The standard InChI is InChI=1S/C28H35N7O2/c1-21-18-29-28-31-24-10-11-26(37-15-13-35-20-30-34(35)3)23(16-24)19-33(2)12-5-4-6-14-36-25-9-7-8-22(17-25)27(21)32-28/h4-5,7-11,16-17,20-21H,6,12-15,18-19H2,1-3H3,(H,29,31)/b5-4+. The largest absolute Gasteiger partial charge is 0.493 e. The molecule has 5 rings (SSSR count). The zero-order valence-corrected chi connectivity index (χ0v) is 21.8. The van der Waals surface area contributed by atoms with Crippen molar-refractivity contribution in [2.24, 2.45) is 23.0 Å². The fourth-order valence-electron chi connectivity index (χ4n) is 4.43. The topological polar surface area (TPSA) is 81.2 Å². The molecule has 0 saturated heterocycles. The maximum Gasteiger partial charge on any atom is 0.222 e. The Hall–Kier alpha value is -3.85. The van der Waals surface area contributed by atoms with E-state index < -0.39 is 0 Å². The van der Waals surface area contributed by atoms with Crippen molar-refractivity contribution < 1.29 is 9.47 Å². The van der Waals surface area contributed by atoms with E-state index in [-0.39, 0.29) is 5.92 Å². The van der Waals surface area contributed by atoms with Gasteiger partial charge in [-0.3, -0.25) is 14.6 Å². The molecule has 6 bridgehead atoms. The SMILES string of the molecule is CC1CN=C2N=C1c1cccc(c1)OCC/C=C/CN(C)Cc1cc(ccc1OCCn1cnn1C)N2. The molecule has 1 N–H and O–H groups in total. The lowest BCUT2D eigenvalue weighted by molar-refractivity contribution is 0.250. The Morgan fingerprint density at radius 2 is 2.05 bits per heavy atom. The van der Waals surface area contributed by atoms with Crippen molar-refractivity contribution in [1.82, 2.24) is 19.5 Å². The molecular weight excluding hydrogens is 466 g/mol. The summed E-state index contributed by atoms with van der Waals surface area (Å²) < 4.78 is 14.2. The molecule has 0 fully saturated rings. The van der Waals surface area contributed by atoms with Crippen molar-refractivity contribution >= 4 is 17.4 Å². The van der Waals surface area contributed by atoms with Crippen LogP contribution in [0.5, 0.6) is 11.5 Å². The summed E-state index contributed by atoms with van der Waals surface area (Å²) in [5, 5.41) is 7.54. The highest BCUT2D eigenvalue weighted by molar-refractivity contribution is 6.12. The van der Waals surface area contributed by atoms with Gasteiger partial charge in [0.05, 0.1) is 25.4 Å². The number of nitrogens with one attached hydrogen (secondary N) is 1. The fourth-order valence-corrected chi connectivity index (χ4v) is 4.43. The molecule has 9 nitrogen and oxygen atoms in total. The van der Waals surface area contributed by atoms with E-state index >= 15 is 0 Å². The van der Waals surface area contributed by atoms with Crippen molar-refractivity contribution in [3.05, 3.63) is 72.1 Å². The molecular formula is C28H35N7O2. The van der Waals surface area contributed by atoms with Gasteiger partial charge in [-0.1, -0.05) is 31.2 Å². The maximum absolute atomic E-state index is 6.20. The summed E-state index contributed by atoms with van der Waals surface area (Å²) in [5.74, 6) is 2.59. The molecule has 1 aromatic heterocycles. The average Bonchev–Trinajstić information content (AvgIpc) is 2.89. The Bertz CT molecular complexity index is 1300. The van der Waals surface area contributed by atoms with Crippen LogP contribution >= 0.6 is 0 Å². The summed E-state index contributed by atoms with van der Waals surface area (Å²) in [7, 11) is 4.03. The summed E-state index contributed by atoms with van der Waals surface area (Å²) in [4.78, 5) is 13.7. The van der Waals surface area contributed by atoms with Gasteiger partial charge in [-0.25, -0.2) is 9.79 Å². The van der Waals surface area contributed by atoms with E-state index in [4.69, 9.17) is 19.5 Å². The first-order chi connectivity index (χ1) is 18.0. The fraction of sp³-hybridized carbons (Fsp3) is 0.393. The number of rotatable bonds is 4. The third-order valence-electron chi connectivity index (χ3n) is 6.53. The number of hydrogen-bond donors (Lipinski definition) is 1. The van der Waals surface area contributed by atoms with E-state index in [9.17, 15) is 0 Å². The van der Waals surface area contributed by atoms with Crippen LogP contribution in [0.25, 0.3) is 0 Å². The van der Waals surface area contributed by atoms with Crippen LogP contribution in [0.1, 0.15) is 24.5 Å². The number of hydrogen-bond acceptors (Lipinski definition) is 7. The Labute approximate surface area is 218 Å². The summed E-state index contributed by atoms with van der Waals surface area (Å²) in [5.41, 5.74) is 4.14. The van der Waals surface area contributed by atoms with Crippen LogP contribution in [-0.2, 0) is 20.1 Å². The molecule has 2 aromatic carbocycles. The van der Waals surface area contributed by atoms with Crippen LogP contribution in [0.3, 0.4) is 0 Å². The molecule has 0 aliphatic carbocycles. The molecule has 0 spiro atoms. The number of aryl methyl sites for hydroxylation is 1. The molecule has 2 aliphatic heterocycles. The van der Waals surface area contributed by atoms with Gasteiger partial charge in [0.1, 0.15) is 24.4 Å². The highest BCUT2D eigenvalue weighted by Gasteiger charge is 2.20. The number of aliphatic imine (C=N–C) groups is 2. The molecule has 37 heavy (non-hydrogen) atoms. The Morgan fingerprint density at radius 3 is 2.89 bits per heavy atom. The van der Waals surface area contributed by atoms with Gasteiger partial charge >= 0.3 is 0 Å².